The minimum absolute atomic E-state index is 0.173. The van der Waals surface area contributed by atoms with Crippen LogP contribution in [0.2, 0.25) is 0 Å². The van der Waals surface area contributed by atoms with Crippen LogP contribution >= 0.6 is 0 Å². The zero-order chi connectivity index (χ0) is 8.27. The molecule has 1 aliphatic carbocycles. The molecule has 0 aliphatic heterocycles. The second kappa shape index (κ2) is 3.72. The van der Waals surface area contributed by atoms with Crippen LogP contribution in [0.15, 0.2) is 0 Å². The minimum atomic E-state index is -0.173. The summed E-state index contributed by atoms with van der Waals surface area (Å²) >= 11 is 0. The molecule has 0 aromatic rings. The van der Waals surface area contributed by atoms with E-state index in [1.807, 2.05) is 0 Å². The number of hydrogen-bond acceptors (Lipinski definition) is 2. The van der Waals surface area contributed by atoms with Crippen molar-refractivity contribution in [1.82, 2.24) is 0 Å². The summed E-state index contributed by atoms with van der Waals surface area (Å²) in [7, 11) is 0. The van der Waals surface area contributed by atoms with Crippen molar-refractivity contribution < 1.29 is 4.79 Å². The van der Waals surface area contributed by atoms with Gasteiger partial charge in [0.05, 0.1) is 0 Å². The van der Waals surface area contributed by atoms with E-state index in [1.54, 1.807) is 0 Å². The van der Waals surface area contributed by atoms with E-state index in [4.69, 9.17) is 11.5 Å². The average molecular weight is 156 g/mol. The van der Waals surface area contributed by atoms with Crippen molar-refractivity contribution in [2.45, 2.75) is 25.7 Å². The van der Waals surface area contributed by atoms with Crippen LogP contribution in [0, 0.1) is 11.8 Å². The summed E-state index contributed by atoms with van der Waals surface area (Å²) in [5, 5.41) is 0. The van der Waals surface area contributed by atoms with Crippen LogP contribution in [0.3, 0.4) is 0 Å². The van der Waals surface area contributed by atoms with Gasteiger partial charge in [-0.05, 0) is 37.6 Å². The number of carbonyl (C=O) groups is 1. The molecular weight excluding hydrogens is 140 g/mol. The highest BCUT2D eigenvalue weighted by atomic mass is 16.1. The second-order valence-corrected chi connectivity index (χ2v) is 3.45. The Bertz CT molecular complexity index is 147. The molecule has 11 heavy (non-hydrogen) atoms. The molecule has 0 aromatic heterocycles. The third-order valence-corrected chi connectivity index (χ3v) is 2.47. The first-order valence-electron chi connectivity index (χ1n) is 4.20. The number of hydrogen-bond donors (Lipinski definition) is 2. The molecule has 1 aliphatic rings. The zero-order valence-electron chi connectivity index (χ0n) is 6.75. The van der Waals surface area contributed by atoms with E-state index in [0.29, 0.717) is 18.3 Å². The van der Waals surface area contributed by atoms with E-state index in [1.165, 1.54) is 6.42 Å². The lowest BCUT2D eigenvalue weighted by molar-refractivity contribution is -0.118. The summed E-state index contributed by atoms with van der Waals surface area (Å²) in [4.78, 5) is 10.5. The van der Waals surface area contributed by atoms with Crippen LogP contribution in [-0.4, -0.2) is 12.5 Å². The van der Waals surface area contributed by atoms with Gasteiger partial charge in [0.1, 0.15) is 0 Å². The van der Waals surface area contributed by atoms with Crippen LogP contribution in [0.1, 0.15) is 25.7 Å². The smallest absolute Gasteiger partial charge is 0.217 e. The highest BCUT2D eigenvalue weighted by molar-refractivity contribution is 5.74. The zero-order valence-corrected chi connectivity index (χ0v) is 6.75. The third kappa shape index (κ3) is 2.50. The Balaban J connectivity index is 2.24. The second-order valence-electron chi connectivity index (χ2n) is 3.45. The highest BCUT2D eigenvalue weighted by Crippen LogP contribution is 2.31. The summed E-state index contributed by atoms with van der Waals surface area (Å²) in [6.07, 6.45) is 3.95. The van der Waals surface area contributed by atoms with Crippen LogP contribution in [-0.2, 0) is 4.79 Å². The normalized spacial score (nSPS) is 30.6. The quantitative estimate of drug-likeness (QED) is 0.614. The van der Waals surface area contributed by atoms with Crippen LogP contribution in [0.25, 0.3) is 0 Å². The van der Waals surface area contributed by atoms with Crippen molar-refractivity contribution in [2.75, 3.05) is 6.54 Å². The topological polar surface area (TPSA) is 69.1 Å². The first kappa shape index (κ1) is 8.53. The molecule has 2 unspecified atom stereocenters. The maximum Gasteiger partial charge on any atom is 0.217 e. The van der Waals surface area contributed by atoms with E-state index in [-0.39, 0.29) is 5.91 Å². The van der Waals surface area contributed by atoms with Crippen molar-refractivity contribution in [2.24, 2.45) is 23.3 Å². The van der Waals surface area contributed by atoms with E-state index < -0.39 is 0 Å². The molecule has 1 fully saturated rings. The lowest BCUT2D eigenvalue weighted by atomic mass is 10.0. The average Bonchev–Trinajstić information content (AvgIpc) is 2.34. The van der Waals surface area contributed by atoms with Crippen molar-refractivity contribution >= 4 is 5.91 Å². The number of amides is 1. The van der Waals surface area contributed by atoms with Gasteiger partial charge < -0.3 is 11.5 Å². The van der Waals surface area contributed by atoms with Gasteiger partial charge in [0.15, 0.2) is 0 Å². The Morgan fingerprint density at radius 2 is 2.00 bits per heavy atom. The van der Waals surface area contributed by atoms with Crippen molar-refractivity contribution in [3.05, 3.63) is 0 Å². The molecule has 0 spiro atoms. The van der Waals surface area contributed by atoms with E-state index in [9.17, 15) is 4.79 Å². The summed E-state index contributed by atoms with van der Waals surface area (Å²) in [5.74, 6) is 0.980. The van der Waals surface area contributed by atoms with Gasteiger partial charge in [0.2, 0.25) is 5.91 Å². The van der Waals surface area contributed by atoms with Crippen LogP contribution < -0.4 is 11.5 Å². The van der Waals surface area contributed by atoms with E-state index >= 15 is 0 Å². The molecule has 64 valence electrons. The van der Waals surface area contributed by atoms with Gasteiger partial charge in [-0.25, -0.2) is 0 Å². The Hall–Kier alpha value is -0.570. The molecule has 0 radical (unpaired) electrons. The summed E-state index contributed by atoms with van der Waals surface area (Å²) in [6.45, 7) is 0.759. The molecule has 1 rings (SSSR count). The maximum atomic E-state index is 10.5. The molecule has 3 nitrogen and oxygen atoms in total. The molecule has 1 amide bonds. The molecular formula is C8H16N2O. The number of rotatable bonds is 3. The minimum Gasteiger partial charge on any atom is -0.370 e. The number of carbonyl (C=O) groups excluding carboxylic acids is 1. The van der Waals surface area contributed by atoms with Crippen molar-refractivity contribution in [3.8, 4) is 0 Å². The lowest BCUT2D eigenvalue weighted by Gasteiger charge is -2.06. The fourth-order valence-corrected chi connectivity index (χ4v) is 1.86. The third-order valence-electron chi connectivity index (χ3n) is 2.47. The fraction of sp³-hybridized carbons (Fsp3) is 0.875. The highest BCUT2D eigenvalue weighted by Gasteiger charge is 2.24. The van der Waals surface area contributed by atoms with Crippen LogP contribution in [0.5, 0.6) is 0 Å². The van der Waals surface area contributed by atoms with Crippen LogP contribution in [0.4, 0.5) is 0 Å². The first-order chi connectivity index (χ1) is 5.22. The molecule has 2 atom stereocenters. The predicted octanol–water partition coefficient (Wildman–Crippen LogP) is 0.237. The predicted molar refractivity (Wildman–Crippen MR) is 43.7 cm³/mol. The standard InChI is InChI=1S/C8H16N2O/c9-5-7-2-1-6(3-7)4-8(10)11/h6-7H,1-5,9H2,(H2,10,11). The first-order valence-corrected chi connectivity index (χ1v) is 4.20. The summed E-state index contributed by atoms with van der Waals surface area (Å²) in [6, 6.07) is 0. The van der Waals surface area contributed by atoms with Crippen molar-refractivity contribution in [3.63, 3.8) is 0 Å². The molecule has 0 heterocycles. The monoisotopic (exact) mass is 156 g/mol. The van der Waals surface area contributed by atoms with Gasteiger partial charge in [-0.15, -0.1) is 0 Å². The SMILES string of the molecule is NCC1CCC(CC(N)=O)C1. The molecule has 1 saturated carbocycles. The molecule has 0 aromatic carbocycles. The van der Waals surface area contributed by atoms with Gasteiger partial charge in [-0.2, -0.15) is 0 Å². The van der Waals surface area contributed by atoms with Gasteiger partial charge >= 0.3 is 0 Å². The van der Waals surface area contributed by atoms with E-state index in [0.717, 1.165) is 19.4 Å². The van der Waals surface area contributed by atoms with Gasteiger partial charge in [-0.1, -0.05) is 0 Å². The molecule has 0 saturated heterocycles. The Labute approximate surface area is 67.1 Å². The van der Waals surface area contributed by atoms with Gasteiger partial charge in [-0.3, -0.25) is 4.79 Å². The summed E-state index contributed by atoms with van der Waals surface area (Å²) in [5.41, 5.74) is 10.6. The Morgan fingerprint density at radius 1 is 1.36 bits per heavy atom. The molecule has 3 heteroatoms. The number of nitrogens with two attached hydrogens (primary N) is 2. The maximum absolute atomic E-state index is 10.5. The molecule has 4 N–H and O–H groups in total. The Kier molecular flexibility index (Phi) is 2.88. The number of primary amides is 1. The largest absolute Gasteiger partial charge is 0.370 e. The fourth-order valence-electron chi connectivity index (χ4n) is 1.86. The van der Waals surface area contributed by atoms with E-state index in [2.05, 4.69) is 0 Å². The Morgan fingerprint density at radius 3 is 2.45 bits per heavy atom. The molecule has 0 bridgehead atoms. The van der Waals surface area contributed by atoms with Gasteiger partial charge in [0.25, 0.3) is 0 Å². The lowest BCUT2D eigenvalue weighted by Crippen LogP contribution is -2.16. The van der Waals surface area contributed by atoms with Crippen molar-refractivity contribution in [1.29, 1.82) is 0 Å². The summed E-state index contributed by atoms with van der Waals surface area (Å²) < 4.78 is 0. The van der Waals surface area contributed by atoms with Gasteiger partial charge in [0, 0.05) is 6.42 Å².